The van der Waals surface area contributed by atoms with Crippen LogP contribution in [0.2, 0.25) is 0 Å². The Balaban J connectivity index is 0.868. The summed E-state index contributed by atoms with van der Waals surface area (Å²) in [7, 11) is 0. The highest BCUT2D eigenvalue weighted by molar-refractivity contribution is 6.11. The zero-order valence-corrected chi connectivity index (χ0v) is 35.2. The van der Waals surface area contributed by atoms with Gasteiger partial charge in [0.2, 0.25) is 0 Å². The molecule has 0 amide bonds. The first-order valence-corrected chi connectivity index (χ1v) is 22.4. The molecule has 12 rings (SSSR count). The molecule has 1 atom stereocenters. The largest absolute Gasteiger partial charge is 0.310 e. The molecule has 0 bridgehead atoms. The number of aromatic nitrogens is 2. The van der Waals surface area contributed by atoms with Gasteiger partial charge in [-0.1, -0.05) is 158 Å². The van der Waals surface area contributed by atoms with Crippen molar-refractivity contribution in [3.63, 3.8) is 0 Å². The van der Waals surface area contributed by atoms with Crippen LogP contribution in [-0.4, -0.2) is 9.13 Å². The van der Waals surface area contributed by atoms with E-state index in [9.17, 15) is 0 Å². The lowest BCUT2D eigenvalue weighted by molar-refractivity contribution is 0.751. The van der Waals surface area contributed by atoms with Crippen LogP contribution in [0.4, 0.5) is 0 Å². The van der Waals surface area contributed by atoms with Crippen LogP contribution in [0.3, 0.4) is 0 Å². The normalized spacial score (nSPS) is 14.7. The molecule has 0 spiro atoms. The highest BCUT2D eigenvalue weighted by atomic mass is 15.0. The fourth-order valence-electron chi connectivity index (χ4n) is 10.2. The molecule has 8 aromatic carbocycles. The molecule has 2 aromatic heterocycles. The van der Waals surface area contributed by atoms with Crippen molar-refractivity contribution < 1.29 is 0 Å². The molecule has 2 nitrogen and oxygen atoms in total. The molecule has 10 aromatic rings. The Hall–Kier alpha value is -7.68. The van der Waals surface area contributed by atoms with Crippen molar-refractivity contribution in [2.75, 3.05) is 0 Å². The van der Waals surface area contributed by atoms with Gasteiger partial charge in [0, 0.05) is 39.1 Å². The van der Waals surface area contributed by atoms with Gasteiger partial charge in [-0.05, 0) is 148 Å². The van der Waals surface area contributed by atoms with Gasteiger partial charge in [-0.25, -0.2) is 0 Å². The van der Waals surface area contributed by atoms with Crippen LogP contribution in [0.15, 0.2) is 224 Å². The smallest absolute Gasteiger partial charge is 0.0541 e. The van der Waals surface area contributed by atoms with E-state index in [-0.39, 0.29) is 0 Å². The molecule has 0 saturated carbocycles. The van der Waals surface area contributed by atoms with Crippen LogP contribution in [0.25, 0.3) is 83.5 Å². The molecule has 0 radical (unpaired) electrons. The van der Waals surface area contributed by atoms with E-state index >= 15 is 0 Å². The van der Waals surface area contributed by atoms with Gasteiger partial charge in [0.05, 0.1) is 16.6 Å². The lowest BCUT2D eigenvalue weighted by Crippen LogP contribution is -2.10. The second-order valence-electron chi connectivity index (χ2n) is 17.2. The quantitative estimate of drug-likeness (QED) is 0.145. The molecule has 0 N–H and O–H groups in total. The second-order valence-corrected chi connectivity index (χ2v) is 17.2. The number of rotatable bonds is 8. The van der Waals surface area contributed by atoms with E-state index in [2.05, 4.69) is 234 Å². The highest BCUT2D eigenvalue weighted by Crippen LogP contribution is 2.41. The predicted octanol–water partition coefficient (Wildman–Crippen LogP) is 15.8. The zero-order valence-electron chi connectivity index (χ0n) is 35.2. The third-order valence-electron chi connectivity index (χ3n) is 13.4. The minimum Gasteiger partial charge on any atom is -0.310 e. The summed E-state index contributed by atoms with van der Waals surface area (Å²) in [6, 6.07) is 71.5. The number of benzene rings is 8. The van der Waals surface area contributed by atoms with Crippen molar-refractivity contribution in [1.82, 2.24) is 9.13 Å². The van der Waals surface area contributed by atoms with Crippen molar-refractivity contribution in [2.45, 2.75) is 25.7 Å². The van der Waals surface area contributed by atoms with Gasteiger partial charge in [-0.15, -0.1) is 0 Å². The lowest BCUT2D eigenvalue weighted by Gasteiger charge is -2.21. The number of allylic oxidation sites excluding steroid dienone is 5. The van der Waals surface area contributed by atoms with Crippen LogP contribution >= 0.6 is 0 Å². The third-order valence-corrected chi connectivity index (χ3v) is 13.4. The standard InChI is InChI=1S/C61H46N2/c1-5-13-44(14-6-1)48-25-33-58-54(38-48)55-39-49(45-15-7-2-8-16-45)26-34-59(55)62(58)52-29-21-42(22-30-52)37-43-23-31-53(32-24-43)63-60-35-27-50(46-17-9-3-10-18-46)40-56(60)57-41-51(28-36-61(57)63)47-19-11-4-12-20-47/h1-3,5-11,13-36,38-40,51H,4,12,37,41H2. The van der Waals surface area contributed by atoms with Gasteiger partial charge in [-0.2, -0.15) is 0 Å². The summed E-state index contributed by atoms with van der Waals surface area (Å²) in [5, 5.41) is 3.87. The average Bonchev–Trinajstić information content (AvgIpc) is 3.87. The summed E-state index contributed by atoms with van der Waals surface area (Å²) in [5.41, 5.74) is 20.3. The fraction of sp³-hybridized carbons (Fsp3) is 0.0820. The van der Waals surface area contributed by atoms with Gasteiger partial charge in [0.1, 0.15) is 0 Å². The highest BCUT2D eigenvalue weighted by Gasteiger charge is 2.25. The van der Waals surface area contributed by atoms with Crippen molar-refractivity contribution >= 4 is 38.8 Å². The predicted molar refractivity (Wildman–Crippen MR) is 266 cm³/mol. The minimum absolute atomic E-state index is 0.400. The van der Waals surface area contributed by atoms with Gasteiger partial charge >= 0.3 is 0 Å². The minimum atomic E-state index is 0.400. The van der Waals surface area contributed by atoms with E-state index < -0.39 is 0 Å². The number of hydrogen-bond acceptors (Lipinski definition) is 0. The van der Waals surface area contributed by atoms with Gasteiger partial charge in [0.15, 0.2) is 0 Å². The molecule has 0 fully saturated rings. The molecular weight excluding hydrogens is 761 g/mol. The maximum Gasteiger partial charge on any atom is 0.0541 e. The Bertz CT molecular complexity index is 3300. The molecule has 2 aliphatic carbocycles. The maximum absolute atomic E-state index is 2.48. The van der Waals surface area contributed by atoms with Crippen LogP contribution in [0.5, 0.6) is 0 Å². The first-order chi connectivity index (χ1) is 31.2. The molecule has 2 aliphatic rings. The molecule has 0 saturated heterocycles. The average molecular weight is 807 g/mol. The van der Waals surface area contributed by atoms with Crippen molar-refractivity contribution in [3.05, 3.63) is 246 Å². The summed E-state index contributed by atoms with van der Waals surface area (Å²) < 4.78 is 4.91. The SMILES string of the molecule is C1=CC(C2C=Cc3c(c4cc(-c5ccccc5)ccc4n3-c3ccc(Cc4ccc(-n5c6ccc(-c7ccccc7)cc6c6cc(-c7ccccc7)ccc65)cc4)cc3)C2)=CCC1. The van der Waals surface area contributed by atoms with Crippen LogP contribution in [0, 0.1) is 5.92 Å². The van der Waals surface area contributed by atoms with Crippen LogP contribution < -0.4 is 0 Å². The lowest BCUT2D eigenvalue weighted by atomic mass is 9.84. The van der Waals surface area contributed by atoms with Crippen molar-refractivity contribution in [3.8, 4) is 44.8 Å². The van der Waals surface area contributed by atoms with E-state index in [0.717, 1.165) is 25.7 Å². The van der Waals surface area contributed by atoms with E-state index in [4.69, 9.17) is 0 Å². The Morgan fingerprint density at radius 1 is 0.413 bits per heavy atom. The molecular formula is C61H46N2. The van der Waals surface area contributed by atoms with E-state index in [1.165, 1.54) is 105 Å². The summed E-state index contributed by atoms with van der Waals surface area (Å²) in [6.07, 6.45) is 16.1. The topological polar surface area (TPSA) is 9.86 Å². The number of fused-ring (bicyclic) bond motifs is 6. The summed E-state index contributed by atoms with van der Waals surface area (Å²) in [6.45, 7) is 0. The molecule has 1 unspecified atom stereocenters. The van der Waals surface area contributed by atoms with E-state index in [1.54, 1.807) is 0 Å². The van der Waals surface area contributed by atoms with Gasteiger partial charge < -0.3 is 9.13 Å². The molecule has 0 aliphatic heterocycles. The van der Waals surface area contributed by atoms with Crippen molar-refractivity contribution in [2.24, 2.45) is 5.92 Å². The van der Waals surface area contributed by atoms with Gasteiger partial charge in [0.25, 0.3) is 0 Å². The van der Waals surface area contributed by atoms with Crippen molar-refractivity contribution in [1.29, 1.82) is 0 Å². The Morgan fingerprint density at radius 3 is 1.38 bits per heavy atom. The first kappa shape index (κ1) is 37.1. The van der Waals surface area contributed by atoms with Gasteiger partial charge in [-0.3, -0.25) is 0 Å². The Morgan fingerprint density at radius 2 is 0.889 bits per heavy atom. The fourth-order valence-corrected chi connectivity index (χ4v) is 10.2. The summed E-state index contributed by atoms with van der Waals surface area (Å²) in [5.74, 6) is 0.400. The van der Waals surface area contributed by atoms with Crippen LogP contribution in [-0.2, 0) is 12.8 Å². The van der Waals surface area contributed by atoms with Crippen LogP contribution in [0.1, 0.15) is 35.2 Å². The number of hydrogen-bond donors (Lipinski definition) is 0. The Kier molecular flexibility index (Phi) is 9.22. The molecule has 2 heterocycles. The third kappa shape index (κ3) is 6.76. The summed E-state index contributed by atoms with van der Waals surface area (Å²) in [4.78, 5) is 0. The van der Waals surface area contributed by atoms with E-state index in [0.29, 0.717) is 5.92 Å². The Labute approximate surface area is 369 Å². The molecule has 300 valence electrons. The van der Waals surface area contributed by atoms with E-state index in [1.807, 2.05) is 0 Å². The maximum atomic E-state index is 2.48. The second kappa shape index (κ2) is 15.7. The number of nitrogens with zero attached hydrogens (tertiary/aromatic N) is 2. The first-order valence-electron chi connectivity index (χ1n) is 22.4. The summed E-state index contributed by atoms with van der Waals surface area (Å²) >= 11 is 0. The molecule has 63 heavy (non-hydrogen) atoms. The monoisotopic (exact) mass is 806 g/mol. The zero-order chi connectivity index (χ0) is 41.7. The molecule has 2 heteroatoms.